The smallest absolute Gasteiger partial charge is 0.0568 e. The van der Waals surface area contributed by atoms with Gasteiger partial charge in [0.2, 0.25) is 0 Å². The van der Waals surface area contributed by atoms with Crippen LogP contribution in [-0.2, 0) is 0 Å². The van der Waals surface area contributed by atoms with Gasteiger partial charge >= 0.3 is 0 Å². The number of aliphatic hydroxyl groups is 1. The van der Waals surface area contributed by atoms with E-state index in [2.05, 4.69) is 6.92 Å². The third-order valence-electron chi connectivity index (χ3n) is 3.30. The zero-order chi connectivity index (χ0) is 9.52. The van der Waals surface area contributed by atoms with Crippen molar-refractivity contribution in [3.63, 3.8) is 0 Å². The Morgan fingerprint density at radius 1 is 1.08 bits per heavy atom. The highest BCUT2D eigenvalue weighted by atomic mass is 16.3. The molecule has 1 aliphatic rings. The average molecular weight is 184 g/mol. The summed E-state index contributed by atoms with van der Waals surface area (Å²) in [7, 11) is 0. The van der Waals surface area contributed by atoms with Gasteiger partial charge in [0.15, 0.2) is 0 Å². The molecule has 0 heterocycles. The van der Waals surface area contributed by atoms with Crippen LogP contribution < -0.4 is 0 Å². The summed E-state index contributed by atoms with van der Waals surface area (Å²) in [6, 6.07) is 0. The van der Waals surface area contributed by atoms with Gasteiger partial charge in [0.1, 0.15) is 0 Å². The molecule has 2 atom stereocenters. The maximum Gasteiger partial charge on any atom is 0.0568 e. The lowest BCUT2D eigenvalue weighted by atomic mass is 9.91. The van der Waals surface area contributed by atoms with Crippen LogP contribution in [0.15, 0.2) is 0 Å². The second-order valence-electron chi connectivity index (χ2n) is 4.46. The van der Waals surface area contributed by atoms with Gasteiger partial charge in [-0.15, -0.1) is 0 Å². The molecule has 1 N–H and O–H groups in total. The van der Waals surface area contributed by atoms with E-state index < -0.39 is 0 Å². The summed E-state index contributed by atoms with van der Waals surface area (Å²) in [5, 5.41) is 9.85. The molecule has 0 aromatic heterocycles. The third kappa shape index (κ3) is 4.12. The Morgan fingerprint density at radius 2 is 1.85 bits per heavy atom. The molecule has 13 heavy (non-hydrogen) atoms. The molecule has 0 bridgehead atoms. The van der Waals surface area contributed by atoms with Crippen molar-refractivity contribution in [2.45, 2.75) is 70.8 Å². The van der Waals surface area contributed by atoms with E-state index in [0.29, 0.717) is 5.92 Å². The first-order valence-corrected chi connectivity index (χ1v) is 6.02. The number of hydrogen-bond acceptors (Lipinski definition) is 1. The van der Waals surface area contributed by atoms with Crippen LogP contribution in [0, 0.1) is 5.92 Å². The van der Waals surface area contributed by atoms with Gasteiger partial charge in [0.05, 0.1) is 6.10 Å². The van der Waals surface area contributed by atoms with Crippen LogP contribution in [0.1, 0.15) is 64.7 Å². The van der Waals surface area contributed by atoms with Crippen molar-refractivity contribution < 1.29 is 5.11 Å². The fourth-order valence-corrected chi connectivity index (χ4v) is 2.36. The summed E-state index contributed by atoms with van der Waals surface area (Å²) >= 11 is 0. The predicted molar refractivity (Wildman–Crippen MR) is 56.7 cm³/mol. The zero-order valence-corrected chi connectivity index (χ0v) is 8.97. The second-order valence-corrected chi connectivity index (χ2v) is 4.46. The molecule has 1 nitrogen and oxygen atoms in total. The van der Waals surface area contributed by atoms with Crippen molar-refractivity contribution in [2.75, 3.05) is 0 Å². The van der Waals surface area contributed by atoms with Crippen molar-refractivity contribution in [2.24, 2.45) is 5.92 Å². The minimum Gasteiger partial charge on any atom is -0.393 e. The first-order chi connectivity index (χ1) is 6.34. The lowest BCUT2D eigenvalue weighted by Crippen LogP contribution is -2.18. The Bertz CT molecular complexity index is 122. The molecule has 0 radical (unpaired) electrons. The molecule has 0 spiro atoms. The number of unbranched alkanes of at least 4 members (excludes halogenated alkanes) is 2. The van der Waals surface area contributed by atoms with Gasteiger partial charge in [-0.05, 0) is 25.2 Å². The van der Waals surface area contributed by atoms with E-state index in [0.717, 1.165) is 6.42 Å². The van der Waals surface area contributed by atoms with Crippen molar-refractivity contribution in [3.8, 4) is 0 Å². The van der Waals surface area contributed by atoms with Gasteiger partial charge in [-0.3, -0.25) is 0 Å². The fraction of sp³-hybridized carbons (Fsp3) is 1.00. The van der Waals surface area contributed by atoms with Gasteiger partial charge in [-0.25, -0.2) is 0 Å². The molecule has 0 amide bonds. The Kier molecular flexibility index (Phi) is 5.45. The van der Waals surface area contributed by atoms with Crippen LogP contribution in [0.3, 0.4) is 0 Å². The minimum absolute atomic E-state index is 0.0133. The molecular formula is C12H24O. The van der Waals surface area contributed by atoms with Crippen LogP contribution >= 0.6 is 0 Å². The van der Waals surface area contributed by atoms with E-state index >= 15 is 0 Å². The lowest BCUT2D eigenvalue weighted by molar-refractivity contribution is 0.0943. The molecular weight excluding hydrogens is 160 g/mol. The van der Waals surface area contributed by atoms with E-state index in [1.807, 2.05) is 0 Å². The molecule has 0 unspecified atom stereocenters. The van der Waals surface area contributed by atoms with Crippen molar-refractivity contribution >= 4 is 0 Å². The van der Waals surface area contributed by atoms with E-state index in [9.17, 15) is 5.11 Å². The summed E-state index contributed by atoms with van der Waals surface area (Å²) in [5.74, 6) is 0.619. The van der Waals surface area contributed by atoms with E-state index in [1.54, 1.807) is 0 Å². The fourth-order valence-electron chi connectivity index (χ4n) is 2.36. The molecule has 0 aliphatic heterocycles. The first kappa shape index (κ1) is 11.0. The Morgan fingerprint density at radius 3 is 2.62 bits per heavy atom. The Hall–Kier alpha value is -0.0400. The summed E-state index contributed by atoms with van der Waals surface area (Å²) in [6.45, 7) is 2.24. The molecule has 1 fully saturated rings. The van der Waals surface area contributed by atoms with Crippen molar-refractivity contribution in [1.29, 1.82) is 0 Å². The van der Waals surface area contributed by atoms with Gasteiger partial charge in [0.25, 0.3) is 0 Å². The van der Waals surface area contributed by atoms with Crippen LogP contribution in [0.2, 0.25) is 0 Å². The molecule has 1 rings (SSSR count). The molecule has 1 heteroatoms. The van der Waals surface area contributed by atoms with Gasteiger partial charge in [-0.1, -0.05) is 45.4 Å². The highest BCUT2D eigenvalue weighted by Gasteiger charge is 2.20. The van der Waals surface area contributed by atoms with Crippen molar-refractivity contribution in [1.82, 2.24) is 0 Å². The SMILES string of the molecule is CCCCC[C@@H]1CCCCC[C@H]1O. The second kappa shape index (κ2) is 6.42. The highest BCUT2D eigenvalue weighted by molar-refractivity contribution is 4.72. The van der Waals surface area contributed by atoms with Crippen LogP contribution in [-0.4, -0.2) is 11.2 Å². The van der Waals surface area contributed by atoms with Crippen molar-refractivity contribution in [3.05, 3.63) is 0 Å². The average Bonchev–Trinajstić information content (AvgIpc) is 2.32. The van der Waals surface area contributed by atoms with E-state index in [-0.39, 0.29) is 6.10 Å². The molecule has 0 saturated heterocycles. The Balaban J connectivity index is 2.19. The quantitative estimate of drug-likeness (QED) is 0.523. The maximum atomic E-state index is 9.85. The monoisotopic (exact) mass is 184 g/mol. The third-order valence-corrected chi connectivity index (χ3v) is 3.30. The molecule has 1 aliphatic carbocycles. The van der Waals surface area contributed by atoms with Crippen LogP contribution in [0.4, 0.5) is 0 Å². The first-order valence-electron chi connectivity index (χ1n) is 6.02. The van der Waals surface area contributed by atoms with Gasteiger partial charge < -0.3 is 5.11 Å². The van der Waals surface area contributed by atoms with Crippen LogP contribution in [0.25, 0.3) is 0 Å². The normalized spacial score (nSPS) is 30.0. The summed E-state index contributed by atoms with van der Waals surface area (Å²) in [4.78, 5) is 0. The van der Waals surface area contributed by atoms with Crippen LogP contribution in [0.5, 0.6) is 0 Å². The molecule has 0 aromatic carbocycles. The number of aliphatic hydroxyl groups excluding tert-OH is 1. The van der Waals surface area contributed by atoms with Gasteiger partial charge in [-0.2, -0.15) is 0 Å². The highest BCUT2D eigenvalue weighted by Crippen LogP contribution is 2.27. The standard InChI is InChI=1S/C12H24O/c1-2-3-5-8-11-9-6-4-7-10-12(11)13/h11-13H,2-10H2,1H3/t11-,12-/m1/s1. The molecule has 1 saturated carbocycles. The number of rotatable bonds is 4. The minimum atomic E-state index is 0.0133. The van der Waals surface area contributed by atoms with E-state index in [4.69, 9.17) is 0 Å². The molecule has 0 aromatic rings. The summed E-state index contributed by atoms with van der Waals surface area (Å²) < 4.78 is 0. The lowest BCUT2D eigenvalue weighted by Gasteiger charge is -2.19. The maximum absolute atomic E-state index is 9.85. The summed E-state index contributed by atoms with van der Waals surface area (Å²) in [5.41, 5.74) is 0. The predicted octanol–water partition coefficient (Wildman–Crippen LogP) is 3.51. The topological polar surface area (TPSA) is 20.2 Å². The number of hydrogen-bond donors (Lipinski definition) is 1. The van der Waals surface area contributed by atoms with Gasteiger partial charge in [0, 0.05) is 0 Å². The zero-order valence-electron chi connectivity index (χ0n) is 8.97. The molecule has 78 valence electrons. The largest absolute Gasteiger partial charge is 0.393 e. The van der Waals surface area contributed by atoms with E-state index in [1.165, 1.54) is 51.4 Å². The summed E-state index contributed by atoms with van der Waals surface area (Å²) in [6.07, 6.45) is 11.5. The Labute approximate surface area is 82.5 Å².